The van der Waals surface area contributed by atoms with Gasteiger partial charge in [0.05, 0.1) is 19.1 Å². The van der Waals surface area contributed by atoms with Gasteiger partial charge in [-0.1, -0.05) is 11.6 Å². The lowest BCUT2D eigenvalue weighted by Crippen LogP contribution is -2.19. The number of carboxylic acid groups (broad SMARTS) is 1. The Morgan fingerprint density at radius 2 is 1.96 bits per heavy atom. The van der Waals surface area contributed by atoms with Crippen molar-refractivity contribution in [1.29, 1.82) is 0 Å². The quantitative estimate of drug-likeness (QED) is 0.376. The highest BCUT2D eigenvalue weighted by Gasteiger charge is 2.07. The number of nitrogens with zero attached hydrogens (tertiary/aromatic N) is 1. The first kappa shape index (κ1) is 20.6. The Bertz CT molecular complexity index is 827. The number of carbonyl (C=O) groups excluding carboxylic acids is 1. The number of hydrogen-bond acceptors (Lipinski definition) is 6. The lowest BCUT2D eigenvalue weighted by Gasteiger charge is -2.09. The number of carboxylic acids is 1. The van der Waals surface area contributed by atoms with Gasteiger partial charge in [-0.25, -0.2) is 10.2 Å². The number of rotatable bonds is 9. The van der Waals surface area contributed by atoms with Gasteiger partial charge >= 0.3 is 5.97 Å². The molecular weight excluding hydrogens is 392 g/mol. The summed E-state index contributed by atoms with van der Waals surface area (Å²) >= 11 is 7.18. The Hall–Kier alpha value is -2.71. The van der Waals surface area contributed by atoms with Crippen molar-refractivity contribution in [1.82, 2.24) is 5.43 Å². The Morgan fingerprint density at radius 3 is 2.63 bits per heavy atom. The number of aliphatic carboxylic acids is 1. The first-order chi connectivity index (χ1) is 13.0. The maximum Gasteiger partial charge on any atom is 0.341 e. The van der Waals surface area contributed by atoms with Crippen LogP contribution in [-0.2, 0) is 9.59 Å². The molecule has 9 heteroatoms. The molecule has 0 atom stereocenters. The first-order valence-corrected chi connectivity index (χ1v) is 9.07. The highest BCUT2D eigenvalue weighted by Crippen LogP contribution is 2.27. The molecule has 1 amide bonds. The van der Waals surface area contributed by atoms with Crippen molar-refractivity contribution >= 4 is 41.5 Å². The van der Waals surface area contributed by atoms with Crippen molar-refractivity contribution in [2.75, 3.05) is 19.5 Å². The van der Waals surface area contributed by atoms with Crippen molar-refractivity contribution in [3.63, 3.8) is 0 Å². The number of methoxy groups -OCH3 is 1. The van der Waals surface area contributed by atoms with Crippen molar-refractivity contribution in [3.05, 3.63) is 53.1 Å². The number of halogens is 1. The summed E-state index contributed by atoms with van der Waals surface area (Å²) in [5, 5.41) is 13.2. The topological polar surface area (TPSA) is 97.2 Å². The van der Waals surface area contributed by atoms with E-state index in [0.717, 1.165) is 4.90 Å². The Morgan fingerprint density at radius 1 is 1.22 bits per heavy atom. The zero-order valence-electron chi connectivity index (χ0n) is 14.3. The standard InChI is InChI=1S/C18H17ClN2O5S/c1-25-16-8-12(2-7-15(16)26-10-18(23)24)9-20-21-17(22)11-27-14-5-3-13(19)4-6-14/h2-9H,10-11H2,1H3,(H,21,22)(H,23,24)/b20-9-. The highest BCUT2D eigenvalue weighted by molar-refractivity contribution is 8.00. The molecule has 2 rings (SSSR count). The lowest BCUT2D eigenvalue weighted by molar-refractivity contribution is -0.139. The second kappa shape index (κ2) is 10.4. The summed E-state index contributed by atoms with van der Waals surface area (Å²) in [6.45, 7) is -0.467. The van der Waals surface area contributed by atoms with E-state index in [-0.39, 0.29) is 11.7 Å². The van der Waals surface area contributed by atoms with Gasteiger partial charge in [0.2, 0.25) is 5.91 Å². The summed E-state index contributed by atoms with van der Waals surface area (Å²) in [6, 6.07) is 12.1. The normalized spacial score (nSPS) is 10.6. The first-order valence-electron chi connectivity index (χ1n) is 7.71. The van der Waals surface area contributed by atoms with E-state index in [1.165, 1.54) is 25.1 Å². The second-order valence-electron chi connectivity index (χ2n) is 5.13. The van der Waals surface area contributed by atoms with Gasteiger partial charge in [0.15, 0.2) is 18.1 Å². The van der Waals surface area contributed by atoms with E-state index in [4.69, 9.17) is 26.2 Å². The molecule has 0 fully saturated rings. The number of carbonyl (C=O) groups is 2. The van der Waals surface area contributed by atoms with E-state index in [0.29, 0.717) is 22.1 Å². The zero-order valence-corrected chi connectivity index (χ0v) is 15.9. The van der Waals surface area contributed by atoms with Crippen LogP contribution in [0.1, 0.15) is 5.56 Å². The number of amides is 1. The molecule has 2 aromatic rings. The maximum absolute atomic E-state index is 11.8. The number of thioether (sulfide) groups is 1. The number of benzene rings is 2. The molecule has 0 bridgehead atoms. The summed E-state index contributed by atoms with van der Waals surface area (Å²) in [4.78, 5) is 23.3. The summed E-state index contributed by atoms with van der Waals surface area (Å²) < 4.78 is 10.3. The van der Waals surface area contributed by atoms with Crippen LogP contribution < -0.4 is 14.9 Å². The minimum Gasteiger partial charge on any atom is -0.493 e. The summed E-state index contributed by atoms with van der Waals surface area (Å²) in [5.74, 6) is -0.448. The number of hydrazone groups is 1. The molecule has 27 heavy (non-hydrogen) atoms. The minimum absolute atomic E-state index is 0.213. The van der Waals surface area contributed by atoms with Crippen LogP contribution in [0, 0.1) is 0 Å². The molecule has 0 aliphatic rings. The van der Waals surface area contributed by atoms with Gasteiger partial charge in [-0.2, -0.15) is 5.10 Å². The smallest absolute Gasteiger partial charge is 0.341 e. The van der Waals surface area contributed by atoms with Crippen molar-refractivity contribution in [2.24, 2.45) is 5.10 Å². The maximum atomic E-state index is 11.8. The van der Waals surface area contributed by atoms with Crippen LogP contribution in [0.2, 0.25) is 5.02 Å². The second-order valence-corrected chi connectivity index (χ2v) is 6.61. The molecule has 0 saturated heterocycles. The molecule has 7 nitrogen and oxygen atoms in total. The van der Waals surface area contributed by atoms with E-state index >= 15 is 0 Å². The predicted octanol–water partition coefficient (Wildman–Crippen LogP) is 3.05. The van der Waals surface area contributed by atoms with Crippen LogP contribution in [0.25, 0.3) is 0 Å². The molecule has 0 aliphatic carbocycles. The summed E-state index contributed by atoms with van der Waals surface area (Å²) in [7, 11) is 1.44. The zero-order chi connectivity index (χ0) is 19.6. The average molecular weight is 409 g/mol. The van der Waals surface area contributed by atoms with E-state index < -0.39 is 12.6 Å². The van der Waals surface area contributed by atoms with E-state index in [1.54, 1.807) is 30.3 Å². The summed E-state index contributed by atoms with van der Waals surface area (Å²) in [5.41, 5.74) is 3.09. The Balaban J connectivity index is 1.86. The Labute approximate surface area is 165 Å². The third kappa shape index (κ3) is 7.20. The van der Waals surface area contributed by atoms with Crippen LogP contribution in [-0.4, -0.2) is 42.7 Å². The van der Waals surface area contributed by atoms with Gasteiger partial charge in [0, 0.05) is 9.92 Å². The molecule has 142 valence electrons. The molecule has 0 aliphatic heterocycles. The third-order valence-corrected chi connectivity index (χ3v) is 4.39. The number of hydrogen-bond donors (Lipinski definition) is 2. The van der Waals surface area contributed by atoms with Crippen LogP contribution in [0.5, 0.6) is 11.5 Å². The van der Waals surface area contributed by atoms with Gasteiger partial charge in [-0.05, 0) is 48.0 Å². The van der Waals surface area contributed by atoms with E-state index in [1.807, 2.05) is 12.1 Å². The van der Waals surface area contributed by atoms with Gasteiger partial charge < -0.3 is 14.6 Å². The molecule has 0 spiro atoms. The lowest BCUT2D eigenvalue weighted by atomic mass is 10.2. The third-order valence-electron chi connectivity index (χ3n) is 3.13. The van der Waals surface area contributed by atoms with Crippen molar-refractivity contribution in [3.8, 4) is 11.5 Å². The Kier molecular flexibility index (Phi) is 7.97. The number of ether oxygens (including phenoxy) is 2. The predicted molar refractivity (Wildman–Crippen MR) is 104 cm³/mol. The van der Waals surface area contributed by atoms with Crippen molar-refractivity contribution < 1.29 is 24.2 Å². The SMILES string of the molecule is COc1cc(/C=N\NC(=O)CSc2ccc(Cl)cc2)ccc1OCC(=O)O. The van der Waals surface area contributed by atoms with Crippen LogP contribution >= 0.6 is 23.4 Å². The fraction of sp³-hybridized carbons (Fsp3) is 0.167. The molecule has 0 radical (unpaired) electrons. The van der Waals surface area contributed by atoms with E-state index in [2.05, 4.69) is 10.5 Å². The number of nitrogens with one attached hydrogen (secondary N) is 1. The van der Waals surface area contributed by atoms with Gasteiger partial charge in [-0.15, -0.1) is 11.8 Å². The van der Waals surface area contributed by atoms with Gasteiger partial charge in [0.1, 0.15) is 0 Å². The van der Waals surface area contributed by atoms with E-state index in [9.17, 15) is 9.59 Å². The van der Waals surface area contributed by atoms with Crippen LogP contribution in [0.15, 0.2) is 52.5 Å². The molecular formula is C18H17ClN2O5S. The van der Waals surface area contributed by atoms with Crippen molar-refractivity contribution in [2.45, 2.75) is 4.90 Å². The largest absolute Gasteiger partial charge is 0.493 e. The molecule has 2 aromatic carbocycles. The minimum atomic E-state index is -1.08. The van der Waals surface area contributed by atoms with Crippen LogP contribution in [0.3, 0.4) is 0 Å². The highest BCUT2D eigenvalue weighted by atomic mass is 35.5. The van der Waals surface area contributed by atoms with Gasteiger partial charge in [0.25, 0.3) is 0 Å². The molecule has 0 unspecified atom stereocenters. The fourth-order valence-electron chi connectivity index (χ4n) is 1.91. The average Bonchev–Trinajstić information content (AvgIpc) is 2.66. The molecule has 2 N–H and O–H groups in total. The monoisotopic (exact) mass is 408 g/mol. The van der Waals surface area contributed by atoms with Gasteiger partial charge in [-0.3, -0.25) is 4.79 Å². The molecule has 0 saturated carbocycles. The summed E-state index contributed by atoms with van der Waals surface area (Å²) in [6.07, 6.45) is 1.45. The van der Waals surface area contributed by atoms with Crippen LogP contribution in [0.4, 0.5) is 0 Å². The molecule has 0 aromatic heterocycles. The molecule has 0 heterocycles. The fourth-order valence-corrected chi connectivity index (χ4v) is 2.73.